The van der Waals surface area contributed by atoms with Crippen LogP contribution in [0.4, 0.5) is 0 Å². The first-order chi connectivity index (χ1) is 3.35. The molecule has 0 saturated heterocycles. The SMILES string of the molecule is CC[O+](CC)CC.[BH4-]. The van der Waals surface area contributed by atoms with Gasteiger partial charge in [0.1, 0.15) is 19.8 Å². The topological polar surface area (TPSA) is 2.70 Å². The maximum Gasteiger partial charge on any atom is 0.142 e. The van der Waals surface area contributed by atoms with Crippen molar-refractivity contribution in [2.24, 2.45) is 0 Å². The van der Waals surface area contributed by atoms with Gasteiger partial charge in [-0.25, -0.2) is 0 Å². The van der Waals surface area contributed by atoms with E-state index in [9.17, 15) is 0 Å². The molecule has 0 rings (SSSR count). The van der Waals surface area contributed by atoms with Crippen molar-refractivity contribution in [1.29, 1.82) is 0 Å². The van der Waals surface area contributed by atoms with Gasteiger partial charge in [0.05, 0.1) is 0 Å². The van der Waals surface area contributed by atoms with E-state index in [-0.39, 0.29) is 8.41 Å². The Balaban J connectivity index is 0. The number of hydrogen-bond donors (Lipinski definition) is 0. The van der Waals surface area contributed by atoms with Crippen LogP contribution in [0.1, 0.15) is 20.8 Å². The largest absolute Gasteiger partial charge is 0.422 e. The molecule has 8 heavy (non-hydrogen) atoms. The van der Waals surface area contributed by atoms with Crippen LogP contribution in [0.3, 0.4) is 0 Å². The monoisotopic (exact) mass is 118 g/mol. The highest BCUT2D eigenvalue weighted by Crippen LogP contribution is 1.90. The fourth-order valence-electron chi connectivity index (χ4n) is 0.612. The second-order valence-corrected chi connectivity index (χ2v) is 1.48. The molecule has 0 saturated carbocycles. The number of rotatable bonds is 3. The van der Waals surface area contributed by atoms with E-state index in [4.69, 9.17) is 0 Å². The van der Waals surface area contributed by atoms with Crippen molar-refractivity contribution in [2.45, 2.75) is 20.8 Å². The Morgan fingerprint density at radius 2 is 1.12 bits per heavy atom. The summed E-state index contributed by atoms with van der Waals surface area (Å²) in [4.78, 5) is 0. The molecule has 0 aliphatic heterocycles. The standard InChI is InChI=1S/C6H15O.BH4/c1-4-7(5-2)6-3;/h4-6H2,1-3H3;1H4/q+1;-1. The third-order valence-corrected chi connectivity index (χ3v) is 1.22. The highest BCUT2D eigenvalue weighted by Gasteiger charge is 1.94. The van der Waals surface area contributed by atoms with Crippen LogP contribution in [0.2, 0.25) is 0 Å². The Morgan fingerprint density at radius 3 is 1.12 bits per heavy atom. The molecule has 0 aliphatic rings. The van der Waals surface area contributed by atoms with E-state index in [2.05, 4.69) is 25.1 Å². The molecule has 0 spiro atoms. The Morgan fingerprint density at radius 1 is 0.875 bits per heavy atom. The Bertz CT molecular complexity index is 30.0. The minimum absolute atomic E-state index is 0. The first kappa shape index (κ1) is 10.9. The molecular weight excluding hydrogens is 98.9 g/mol. The van der Waals surface area contributed by atoms with Gasteiger partial charge in [0, 0.05) is 20.8 Å². The molecule has 0 bridgehead atoms. The minimum Gasteiger partial charge on any atom is -0.422 e. The normalized spacial score (nSPS) is 9.00. The molecule has 1 nitrogen and oxygen atoms in total. The van der Waals surface area contributed by atoms with Crippen molar-refractivity contribution in [1.82, 2.24) is 0 Å². The lowest BCUT2D eigenvalue weighted by Gasteiger charge is -2.11. The van der Waals surface area contributed by atoms with Crippen LogP contribution >= 0.6 is 0 Å². The van der Waals surface area contributed by atoms with Crippen molar-refractivity contribution in [3.63, 3.8) is 0 Å². The van der Waals surface area contributed by atoms with E-state index < -0.39 is 0 Å². The summed E-state index contributed by atoms with van der Waals surface area (Å²) < 4.78 is 3.07. The van der Waals surface area contributed by atoms with Crippen LogP contribution in [0.5, 0.6) is 0 Å². The fourth-order valence-corrected chi connectivity index (χ4v) is 0.612. The molecule has 0 aromatic heterocycles. The van der Waals surface area contributed by atoms with Crippen molar-refractivity contribution < 1.29 is 4.37 Å². The third kappa shape index (κ3) is 4.19. The number of hydrogen-bond acceptors (Lipinski definition) is 0. The van der Waals surface area contributed by atoms with Gasteiger partial charge in [-0.3, -0.25) is 0 Å². The molecule has 0 aromatic carbocycles. The van der Waals surface area contributed by atoms with Gasteiger partial charge < -0.3 is 4.37 Å². The molecule has 0 aromatic rings. The van der Waals surface area contributed by atoms with Gasteiger partial charge in [-0.2, -0.15) is 0 Å². The minimum atomic E-state index is 0. The predicted molar refractivity (Wildman–Crippen MR) is 44.0 cm³/mol. The zero-order chi connectivity index (χ0) is 5.70. The maximum absolute atomic E-state index is 3.07. The molecule has 0 unspecified atom stereocenters. The lowest BCUT2D eigenvalue weighted by atomic mass is 10.7. The molecular formula is C6H19BO. The van der Waals surface area contributed by atoms with Crippen LogP contribution in [-0.4, -0.2) is 28.2 Å². The van der Waals surface area contributed by atoms with Crippen molar-refractivity contribution in [3.05, 3.63) is 0 Å². The summed E-state index contributed by atoms with van der Waals surface area (Å²) in [6.07, 6.45) is 0. The lowest BCUT2D eigenvalue weighted by molar-refractivity contribution is -0.119. The molecule has 52 valence electrons. The van der Waals surface area contributed by atoms with Crippen LogP contribution < -0.4 is 0 Å². The molecule has 0 N–H and O–H groups in total. The molecule has 0 fully saturated rings. The maximum atomic E-state index is 3.07. The summed E-state index contributed by atoms with van der Waals surface area (Å²) in [5.74, 6) is 0. The van der Waals surface area contributed by atoms with E-state index >= 15 is 0 Å². The average Bonchev–Trinajstić information content (AvgIpc) is 1.72. The quantitative estimate of drug-likeness (QED) is 0.366. The summed E-state index contributed by atoms with van der Waals surface area (Å²) >= 11 is 0. The van der Waals surface area contributed by atoms with Crippen LogP contribution in [0.25, 0.3) is 0 Å². The van der Waals surface area contributed by atoms with Gasteiger partial charge >= 0.3 is 0 Å². The summed E-state index contributed by atoms with van der Waals surface area (Å²) in [5, 5.41) is 0. The van der Waals surface area contributed by atoms with Gasteiger partial charge in [-0.05, 0) is 0 Å². The van der Waals surface area contributed by atoms with E-state index in [0.717, 1.165) is 19.8 Å². The van der Waals surface area contributed by atoms with E-state index in [1.54, 1.807) is 0 Å². The van der Waals surface area contributed by atoms with E-state index in [0.29, 0.717) is 0 Å². The molecule has 0 aliphatic carbocycles. The fraction of sp³-hybridized carbons (Fsp3) is 1.00. The van der Waals surface area contributed by atoms with Gasteiger partial charge in [-0.1, -0.05) is 8.41 Å². The zero-order valence-corrected chi connectivity index (χ0v) is 5.53. The average molecular weight is 118 g/mol. The molecule has 0 amide bonds. The van der Waals surface area contributed by atoms with Gasteiger partial charge in [-0.15, -0.1) is 0 Å². The lowest BCUT2D eigenvalue weighted by Crippen LogP contribution is -2.11. The molecule has 0 radical (unpaired) electrons. The summed E-state index contributed by atoms with van der Waals surface area (Å²) in [6, 6.07) is 0. The Kier molecular flexibility index (Phi) is 9.58. The van der Waals surface area contributed by atoms with Gasteiger partial charge in [0.15, 0.2) is 0 Å². The summed E-state index contributed by atoms with van der Waals surface area (Å²) in [5.41, 5.74) is 0. The first-order valence-electron chi connectivity index (χ1n) is 2.99. The second-order valence-electron chi connectivity index (χ2n) is 1.48. The predicted octanol–water partition coefficient (Wildman–Crippen LogP) is 0.147. The van der Waals surface area contributed by atoms with Crippen molar-refractivity contribution >= 4 is 8.41 Å². The Hall–Kier alpha value is 0.0249. The smallest absolute Gasteiger partial charge is 0.142 e. The third-order valence-electron chi connectivity index (χ3n) is 1.22. The summed E-state index contributed by atoms with van der Waals surface area (Å²) in [6.45, 7) is 9.76. The zero-order valence-electron chi connectivity index (χ0n) is 5.53. The first-order valence-corrected chi connectivity index (χ1v) is 2.99. The van der Waals surface area contributed by atoms with E-state index in [1.807, 2.05) is 0 Å². The van der Waals surface area contributed by atoms with Crippen LogP contribution in [0, 0.1) is 0 Å². The van der Waals surface area contributed by atoms with E-state index in [1.165, 1.54) is 0 Å². The molecule has 0 heterocycles. The van der Waals surface area contributed by atoms with Crippen molar-refractivity contribution in [3.8, 4) is 0 Å². The highest BCUT2D eigenvalue weighted by molar-refractivity contribution is 5.75. The highest BCUT2D eigenvalue weighted by atomic mass is 16.7. The Labute approximate surface area is 54.3 Å². The second kappa shape index (κ2) is 7.02. The van der Waals surface area contributed by atoms with Gasteiger partial charge in [0.2, 0.25) is 0 Å². The van der Waals surface area contributed by atoms with Crippen LogP contribution in [0.15, 0.2) is 0 Å². The van der Waals surface area contributed by atoms with Crippen molar-refractivity contribution in [2.75, 3.05) is 19.8 Å². The molecule has 2 heteroatoms. The van der Waals surface area contributed by atoms with Gasteiger partial charge in [0.25, 0.3) is 0 Å². The molecule has 0 atom stereocenters. The van der Waals surface area contributed by atoms with Crippen LogP contribution in [-0.2, 0) is 4.37 Å². The summed E-state index contributed by atoms with van der Waals surface area (Å²) in [7, 11) is 0.